The first-order valence-corrected chi connectivity index (χ1v) is 6.26. The minimum absolute atomic E-state index is 0.178. The predicted molar refractivity (Wildman–Crippen MR) is 78.0 cm³/mol. The van der Waals surface area contributed by atoms with E-state index in [2.05, 4.69) is 17.0 Å². The molecule has 0 bridgehead atoms. The van der Waals surface area contributed by atoms with E-state index in [-0.39, 0.29) is 5.91 Å². The fourth-order valence-corrected chi connectivity index (χ4v) is 1.77. The van der Waals surface area contributed by atoms with E-state index in [9.17, 15) is 4.79 Å². The Morgan fingerprint density at radius 3 is 2.70 bits per heavy atom. The van der Waals surface area contributed by atoms with Crippen LogP contribution in [0.3, 0.4) is 0 Å². The Bertz CT molecular complexity index is 615. The highest BCUT2D eigenvalue weighted by atomic mass is 16.5. The van der Waals surface area contributed by atoms with Gasteiger partial charge in [-0.15, -0.1) is 0 Å². The molecular weight excluding hydrogens is 254 g/mol. The van der Waals surface area contributed by atoms with Gasteiger partial charge in [0, 0.05) is 18.7 Å². The molecule has 0 saturated carbocycles. The SMILES string of the molecule is C=CCOc1ccc(C(=O)Nc2cc(C)nn2C)cc1. The second-order valence-electron chi connectivity index (χ2n) is 4.37. The van der Waals surface area contributed by atoms with Crippen LogP contribution >= 0.6 is 0 Å². The van der Waals surface area contributed by atoms with Crippen LogP contribution in [-0.2, 0) is 7.05 Å². The van der Waals surface area contributed by atoms with E-state index in [4.69, 9.17) is 4.74 Å². The highest BCUT2D eigenvalue weighted by Crippen LogP contribution is 2.14. The molecule has 0 unspecified atom stereocenters. The van der Waals surface area contributed by atoms with Gasteiger partial charge in [0.15, 0.2) is 0 Å². The Morgan fingerprint density at radius 1 is 1.45 bits per heavy atom. The monoisotopic (exact) mass is 271 g/mol. The molecule has 1 heterocycles. The van der Waals surface area contributed by atoms with Crippen molar-refractivity contribution in [3.05, 3.63) is 54.2 Å². The standard InChI is InChI=1S/C15H17N3O2/c1-4-9-20-13-7-5-12(6-8-13)15(19)16-14-10-11(2)17-18(14)3/h4-8,10H,1,9H2,2-3H3,(H,16,19). The van der Waals surface area contributed by atoms with Crippen LogP contribution in [0.25, 0.3) is 0 Å². The molecule has 0 aliphatic carbocycles. The zero-order valence-corrected chi connectivity index (χ0v) is 11.6. The van der Waals surface area contributed by atoms with Crippen LogP contribution in [0.5, 0.6) is 5.75 Å². The van der Waals surface area contributed by atoms with Crippen molar-refractivity contribution >= 4 is 11.7 Å². The predicted octanol–water partition coefficient (Wildman–Crippen LogP) is 2.55. The summed E-state index contributed by atoms with van der Waals surface area (Å²) in [4.78, 5) is 12.1. The van der Waals surface area contributed by atoms with Crippen LogP contribution in [0.15, 0.2) is 43.0 Å². The van der Waals surface area contributed by atoms with Gasteiger partial charge in [0.1, 0.15) is 18.2 Å². The van der Waals surface area contributed by atoms with Gasteiger partial charge in [0.05, 0.1) is 5.69 Å². The fourth-order valence-electron chi connectivity index (χ4n) is 1.77. The van der Waals surface area contributed by atoms with E-state index in [0.29, 0.717) is 23.7 Å². The molecule has 0 atom stereocenters. The maximum absolute atomic E-state index is 12.1. The molecule has 5 heteroatoms. The summed E-state index contributed by atoms with van der Waals surface area (Å²) in [5, 5.41) is 6.99. The first kappa shape index (κ1) is 13.9. The van der Waals surface area contributed by atoms with Crippen molar-refractivity contribution in [3.63, 3.8) is 0 Å². The molecule has 20 heavy (non-hydrogen) atoms. The third-order valence-electron chi connectivity index (χ3n) is 2.73. The van der Waals surface area contributed by atoms with Gasteiger partial charge in [0.25, 0.3) is 5.91 Å². The Labute approximate surface area is 117 Å². The first-order chi connectivity index (χ1) is 9.60. The molecular formula is C15H17N3O2. The van der Waals surface area contributed by atoms with Gasteiger partial charge in [0.2, 0.25) is 0 Å². The van der Waals surface area contributed by atoms with E-state index in [1.807, 2.05) is 13.0 Å². The van der Waals surface area contributed by atoms with Crippen LogP contribution in [-0.4, -0.2) is 22.3 Å². The molecule has 0 spiro atoms. The van der Waals surface area contributed by atoms with E-state index < -0.39 is 0 Å². The molecule has 5 nitrogen and oxygen atoms in total. The number of nitrogens with one attached hydrogen (secondary N) is 1. The van der Waals surface area contributed by atoms with Crippen molar-refractivity contribution in [2.75, 3.05) is 11.9 Å². The van der Waals surface area contributed by atoms with E-state index >= 15 is 0 Å². The zero-order chi connectivity index (χ0) is 14.5. The number of aryl methyl sites for hydroxylation is 2. The Balaban J connectivity index is 2.05. The molecule has 0 radical (unpaired) electrons. The Hall–Kier alpha value is -2.56. The zero-order valence-electron chi connectivity index (χ0n) is 11.6. The molecule has 104 valence electrons. The number of benzene rings is 1. The number of carbonyl (C=O) groups is 1. The lowest BCUT2D eigenvalue weighted by Crippen LogP contribution is -2.14. The normalized spacial score (nSPS) is 10.1. The lowest BCUT2D eigenvalue weighted by molar-refractivity contribution is 0.102. The van der Waals surface area contributed by atoms with Crippen LogP contribution < -0.4 is 10.1 Å². The highest BCUT2D eigenvalue weighted by Gasteiger charge is 2.09. The lowest BCUT2D eigenvalue weighted by Gasteiger charge is -2.06. The molecule has 0 aliphatic rings. The molecule has 2 rings (SSSR count). The first-order valence-electron chi connectivity index (χ1n) is 6.26. The molecule has 1 aromatic carbocycles. The number of anilines is 1. The fraction of sp³-hybridized carbons (Fsp3) is 0.200. The number of nitrogens with zero attached hydrogens (tertiary/aromatic N) is 2. The van der Waals surface area contributed by atoms with Crippen molar-refractivity contribution in [2.45, 2.75) is 6.92 Å². The van der Waals surface area contributed by atoms with Gasteiger partial charge in [-0.05, 0) is 31.2 Å². The largest absolute Gasteiger partial charge is 0.490 e. The summed E-state index contributed by atoms with van der Waals surface area (Å²) >= 11 is 0. The van der Waals surface area contributed by atoms with Crippen LogP contribution in [0.1, 0.15) is 16.1 Å². The van der Waals surface area contributed by atoms with E-state index in [0.717, 1.165) is 5.69 Å². The molecule has 0 aliphatic heterocycles. The summed E-state index contributed by atoms with van der Waals surface area (Å²) in [7, 11) is 1.79. The summed E-state index contributed by atoms with van der Waals surface area (Å²) in [5.41, 5.74) is 1.42. The van der Waals surface area contributed by atoms with Crippen molar-refractivity contribution < 1.29 is 9.53 Å². The summed E-state index contributed by atoms with van der Waals surface area (Å²) in [5.74, 6) is 1.19. The number of hydrogen-bond acceptors (Lipinski definition) is 3. The summed E-state index contributed by atoms with van der Waals surface area (Å²) < 4.78 is 7.00. The third-order valence-corrected chi connectivity index (χ3v) is 2.73. The Kier molecular flexibility index (Phi) is 4.20. The number of hydrogen-bond donors (Lipinski definition) is 1. The van der Waals surface area contributed by atoms with Crippen LogP contribution in [0.2, 0.25) is 0 Å². The number of aromatic nitrogens is 2. The van der Waals surface area contributed by atoms with Gasteiger partial charge in [-0.1, -0.05) is 12.7 Å². The average Bonchev–Trinajstić information content (AvgIpc) is 2.75. The molecule has 2 aromatic rings. The molecule has 1 aromatic heterocycles. The van der Waals surface area contributed by atoms with E-state index in [1.54, 1.807) is 42.1 Å². The number of rotatable bonds is 5. The van der Waals surface area contributed by atoms with Crippen LogP contribution in [0, 0.1) is 6.92 Å². The molecule has 1 N–H and O–H groups in total. The number of amides is 1. The van der Waals surface area contributed by atoms with E-state index in [1.165, 1.54) is 0 Å². The maximum Gasteiger partial charge on any atom is 0.256 e. The minimum atomic E-state index is -0.178. The van der Waals surface area contributed by atoms with Gasteiger partial charge in [-0.3, -0.25) is 9.48 Å². The van der Waals surface area contributed by atoms with Crippen molar-refractivity contribution in [2.24, 2.45) is 7.05 Å². The Morgan fingerprint density at radius 2 is 2.15 bits per heavy atom. The quantitative estimate of drug-likeness (QED) is 0.850. The topological polar surface area (TPSA) is 56.1 Å². The molecule has 0 fully saturated rings. The van der Waals surface area contributed by atoms with Gasteiger partial charge < -0.3 is 10.1 Å². The average molecular weight is 271 g/mol. The smallest absolute Gasteiger partial charge is 0.256 e. The minimum Gasteiger partial charge on any atom is -0.490 e. The van der Waals surface area contributed by atoms with Gasteiger partial charge >= 0.3 is 0 Å². The van der Waals surface area contributed by atoms with Crippen molar-refractivity contribution in [3.8, 4) is 5.75 Å². The lowest BCUT2D eigenvalue weighted by atomic mass is 10.2. The van der Waals surface area contributed by atoms with Gasteiger partial charge in [-0.2, -0.15) is 5.10 Å². The van der Waals surface area contributed by atoms with Crippen molar-refractivity contribution in [1.29, 1.82) is 0 Å². The summed E-state index contributed by atoms with van der Waals surface area (Å²) in [6, 6.07) is 8.77. The van der Waals surface area contributed by atoms with Crippen molar-refractivity contribution in [1.82, 2.24) is 9.78 Å². The summed E-state index contributed by atoms with van der Waals surface area (Å²) in [6.07, 6.45) is 1.67. The van der Waals surface area contributed by atoms with Crippen LogP contribution in [0.4, 0.5) is 5.82 Å². The molecule has 0 saturated heterocycles. The highest BCUT2D eigenvalue weighted by molar-refractivity contribution is 6.03. The van der Waals surface area contributed by atoms with Gasteiger partial charge in [-0.25, -0.2) is 0 Å². The number of ether oxygens (including phenoxy) is 1. The molecule has 1 amide bonds. The second kappa shape index (κ2) is 6.06. The second-order valence-corrected chi connectivity index (χ2v) is 4.37. The number of carbonyl (C=O) groups excluding carboxylic acids is 1. The maximum atomic E-state index is 12.1. The third kappa shape index (κ3) is 3.26. The summed E-state index contributed by atoms with van der Waals surface area (Å²) in [6.45, 7) is 5.90.